The van der Waals surface area contributed by atoms with Crippen LogP contribution in [0, 0.1) is 0 Å². The van der Waals surface area contributed by atoms with Crippen LogP contribution in [0.3, 0.4) is 0 Å². The van der Waals surface area contributed by atoms with E-state index in [1.807, 2.05) is 4.57 Å². The fraction of sp³-hybridized carbons (Fsp3) is 0.158. The Labute approximate surface area is 180 Å². The van der Waals surface area contributed by atoms with Crippen molar-refractivity contribution in [2.24, 2.45) is 0 Å². The molecule has 152 valence electrons. The van der Waals surface area contributed by atoms with Crippen LogP contribution in [0.4, 0.5) is 18.9 Å². The molecule has 0 radical (unpaired) electrons. The number of hydrogen-bond acceptors (Lipinski definition) is 2. The lowest BCUT2D eigenvalue weighted by Crippen LogP contribution is -2.34. The summed E-state index contributed by atoms with van der Waals surface area (Å²) in [5.41, 5.74) is 0.466. The van der Waals surface area contributed by atoms with Crippen LogP contribution in [0.25, 0.3) is 0 Å². The van der Waals surface area contributed by atoms with Crippen molar-refractivity contribution >= 4 is 46.2 Å². The molecule has 1 aromatic heterocycles. The second-order valence-corrected chi connectivity index (χ2v) is 7.40. The molecular weight excluding hydrogens is 444 g/mol. The number of benzene rings is 2. The quantitative estimate of drug-likeness (QED) is 0.464. The summed E-state index contributed by atoms with van der Waals surface area (Å²) in [6, 6.07) is 9.43. The molecule has 0 amide bonds. The Morgan fingerprint density at radius 2 is 1.86 bits per heavy atom. The molecule has 1 atom stereocenters. The molecule has 0 bridgehead atoms. The summed E-state index contributed by atoms with van der Waals surface area (Å²) < 4.78 is 40.0. The molecular formula is C19H15Cl2F3N4S. The SMILES string of the molecule is FC(F)(F)c1ccc(NC(=S)NC(Cn2ccnc2)c2ccc(Cl)cc2Cl)cc1. The van der Waals surface area contributed by atoms with E-state index in [1.165, 1.54) is 12.1 Å². The van der Waals surface area contributed by atoms with Crippen LogP contribution in [-0.4, -0.2) is 14.7 Å². The highest BCUT2D eigenvalue weighted by molar-refractivity contribution is 7.80. The Kier molecular flexibility index (Phi) is 6.66. The lowest BCUT2D eigenvalue weighted by molar-refractivity contribution is -0.137. The molecule has 2 N–H and O–H groups in total. The number of imidazole rings is 1. The molecule has 3 rings (SSSR count). The zero-order valence-corrected chi connectivity index (χ0v) is 17.1. The van der Waals surface area contributed by atoms with Gasteiger partial charge in [-0.05, 0) is 54.2 Å². The molecule has 0 aliphatic heterocycles. The van der Waals surface area contributed by atoms with Crippen LogP contribution < -0.4 is 10.6 Å². The average Bonchev–Trinajstić information content (AvgIpc) is 3.14. The standard InChI is InChI=1S/C19H15Cl2F3N4S/c20-13-3-6-15(16(21)9-13)17(10-28-8-7-25-11-28)27-18(29)26-14-4-1-12(2-5-14)19(22,23)24/h1-9,11,17H,10H2,(H2,26,27,29). The number of alkyl halides is 3. The molecule has 1 unspecified atom stereocenters. The van der Waals surface area contributed by atoms with Gasteiger partial charge in [-0.15, -0.1) is 0 Å². The van der Waals surface area contributed by atoms with Crippen molar-refractivity contribution in [3.05, 3.63) is 82.4 Å². The smallest absolute Gasteiger partial charge is 0.354 e. The summed E-state index contributed by atoms with van der Waals surface area (Å²) in [4.78, 5) is 4.02. The number of rotatable bonds is 5. The summed E-state index contributed by atoms with van der Waals surface area (Å²) in [6.45, 7) is 0.468. The van der Waals surface area contributed by atoms with Gasteiger partial charge < -0.3 is 15.2 Å². The van der Waals surface area contributed by atoms with Crippen LogP contribution in [0.15, 0.2) is 61.2 Å². The van der Waals surface area contributed by atoms with Gasteiger partial charge in [0.2, 0.25) is 0 Å². The third-order valence-electron chi connectivity index (χ3n) is 4.07. The van der Waals surface area contributed by atoms with Crippen molar-refractivity contribution in [3.63, 3.8) is 0 Å². The third kappa shape index (κ3) is 5.85. The second kappa shape index (κ2) is 9.02. The molecule has 10 heteroatoms. The van der Waals surface area contributed by atoms with Gasteiger partial charge in [0.15, 0.2) is 5.11 Å². The van der Waals surface area contributed by atoms with E-state index in [1.54, 1.807) is 36.9 Å². The Morgan fingerprint density at radius 1 is 1.14 bits per heavy atom. The Morgan fingerprint density at radius 3 is 2.45 bits per heavy atom. The normalized spacial score (nSPS) is 12.4. The molecule has 0 aliphatic carbocycles. The summed E-state index contributed by atoms with van der Waals surface area (Å²) in [5.74, 6) is 0. The molecule has 1 heterocycles. The molecule has 0 saturated heterocycles. The van der Waals surface area contributed by atoms with Crippen LogP contribution in [0.1, 0.15) is 17.2 Å². The highest BCUT2D eigenvalue weighted by Crippen LogP contribution is 2.30. The molecule has 0 aliphatic rings. The molecule has 0 spiro atoms. The van der Waals surface area contributed by atoms with E-state index in [0.29, 0.717) is 22.3 Å². The van der Waals surface area contributed by atoms with Gasteiger partial charge >= 0.3 is 6.18 Å². The zero-order chi connectivity index (χ0) is 21.0. The van der Waals surface area contributed by atoms with Crippen LogP contribution in [-0.2, 0) is 12.7 Å². The Balaban J connectivity index is 1.75. The monoisotopic (exact) mass is 458 g/mol. The minimum Gasteiger partial charge on any atom is -0.354 e. The first-order valence-corrected chi connectivity index (χ1v) is 9.54. The van der Waals surface area contributed by atoms with Crippen molar-refractivity contribution in [1.29, 1.82) is 0 Å². The van der Waals surface area contributed by atoms with Gasteiger partial charge in [-0.2, -0.15) is 13.2 Å². The largest absolute Gasteiger partial charge is 0.416 e. The number of nitrogens with one attached hydrogen (secondary N) is 2. The average molecular weight is 459 g/mol. The minimum absolute atomic E-state index is 0.237. The Bertz CT molecular complexity index is 976. The number of halogens is 5. The van der Waals surface area contributed by atoms with Crippen LogP contribution >= 0.6 is 35.4 Å². The van der Waals surface area contributed by atoms with Crippen LogP contribution in [0.2, 0.25) is 10.0 Å². The van der Waals surface area contributed by atoms with E-state index in [0.717, 1.165) is 17.7 Å². The highest BCUT2D eigenvalue weighted by atomic mass is 35.5. The molecule has 4 nitrogen and oxygen atoms in total. The number of thiocarbonyl (C=S) groups is 1. The predicted molar refractivity (Wildman–Crippen MR) is 112 cm³/mol. The van der Waals surface area contributed by atoms with Crippen molar-refractivity contribution in [1.82, 2.24) is 14.9 Å². The van der Waals surface area contributed by atoms with Crippen molar-refractivity contribution in [2.45, 2.75) is 18.8 Å². The maximum absolute atomic E-state index is 12.7. The lowest BCUT2D eigenvalue weighted by Gasteiger charge is -2.23. The molecule has 3 aromatic rings. The molecule has 0 fully saturated rings. The van der Waals surface area contributed by atoms with E-state index < -0.39 is 11.7 Å². The van der Waals surface area contributed by atoms with E-state index in [9.17, 15) is 13.2 Å². The zero-order valence-electron chi connectivity index (χ0n) is 14.8. The molecule has 2 aromatic carbocycles. The van der Waals surface area contributed by atoms with E-state index in [-0.39, 0.29) is 11.2 Å². The van der Waals surface area contributed by atoms with Crippen molar-refractivity contribution < 1.29 is 13.2 Å². The van der Waals surface area contributed by atoms with Crippen LogP contribution in [0.5, 0.6) is 0 Å². The first kappa shape index (κ1) is 21.4. The number of anilines is 1. The van der Waals surface area contributed by atoms with Gasteiger partial charge in [0, 0.05) is 34.7 Å². The lowest BCUT2D eigenvalue weighted by atomic mass is 10.1. The number of nitrogens with zero attached hydrogens (tertiary/aromatic N) is 2. The first-order valence-electron chi connectivity index (χ1n) is 8.38. The third-order valence-corrected chi connectivity index (χ3v) is 4.85. The summed E-state index contributed by atoms with van der Waals surface area (Å²) >= 11 is 17.7. The van der Waals surface area contributed by atoms with Gasteiger partial charge in [0.05, 0.1) is 17.9 Å². The van der Waals surface area contributed by atoms with Gasteiger partial charge in [-0.25, -0.2) is 4.98 Å². The van der Waals surface area contributed by atoms with Gasteiger partial charge in [0.1, 0.15) is 0 Å². The Hall–Kier alpha value is -2.29. The molecule has 29 heavy (non-hydrogen) atoms. The predicted octanol–water partition coefficient (Wildman–Crippen LogP) is 5.94. The fourth-order valence-electron chi connectivity index (χ4n) is 2.68. The first-order chi connectivity index (χ1) is 13.7. The fourth-order valence-corrected chi connectivity index (χ4v) is 3.48. The molecule has 0 saturated carbocycles. The van der Waals surface area contributed by atoms with Gasteiger partial charge in [-0.3, -0.25) is 0 Å². The number of hydrogen-bond donors (Lipinski definition) is 2. The van der Waals surface area contributed by atoms with E-state index in [2.05, 4.69) is 15.6 Å². The maximum atomic E-state index is 12.7. The van der Waals surface area contributed by atoms with Gasteiger partial charge in [0.25, 0.3) is 0 Å². The maximum Gasteiger partial charge on any atom is 0.416 e. The van der Waals surface area contributed by atoms with E-state index in [4.69, 9.17) is 35.4 Å². The topological polar surface area (TPSA) is 41.9 Å². The summed E-state index contributed by atoms with van der Waals surface area (Å²) in [7, 11) is 0. The van der Waals surface area contributed by atoms with Crippen molar-refractivity contribution in [3.8, 4) is 0 Å². The van der Waals surface area contributed by atoms with Crippen molar-refractivity contribution in [2.75, 3.05) is 5.32 Å². The second-order valence-electron chi connectivity index (χ2n) is 6.15. The minimum atomic E-state index is -4.39. The summed E-state index contributed by atoms with van der Waals surface area (Å²) in [5, 5.41) is 7.24. The number of aromatic nitrogens is 2. The van der Waals surface area contributed by atoms with E-state index >= 15 is 0 Å². The summed E-state index contributed by atoms with van der Waals surface area (Å²) in [6.07, 6.45) is 0.716. The highest BCUT2D eigenvalue weighted by Gasteiger charge is 2.30. The van der Waals surface area contributed by atoms with Gasteiger partial charge in [-0.1, -0.05) is 29.3 Å².